The first-order valence-corrected chi connectivity index (χ1v) is 10.1. The lowest BCUT2D eigenvalue weighted by Gasteiger charge is -2.15. The lowest BCUT2D eigenvalue weighted by atomic mass is 9.95. The lowest BCUT2D eigenvalue weighted by Crippen LogP contribution is -2.24. The summed E-state index contributed by atoms with van der Waals surface area (Å²) >= 11 is 0. The van der Waals surface area contributed by atoms with Crippen LogP contribution in [0.2, 0.25) is 0 Å². The minimum absolute atomic E-state index is 0.00177. The molecule has 0 fully saturated rings. The van der Waals surface area contributed by atoms with Crippen LogP contribution in [0.4, 0.5) is 0 Å². The number of aryl methyl sites for hydroxylation is 2. The van der Waals surface area contributed by atoms with E-state index in [0.717, 1.165) is 41.0 Å². The molecule has 0 aliphatic rings. The molecule has 5 heteroatoms. The van der Waals surface area contributed by atoms with Crippen molar-refractivity contribution < 1.29 is 4.74 Å². The normalized spacial score (nSPS) is 11.8. The highest BCUT2D eigenvalue weighted by molar-refractivity contribution is 5.64. The average molecular weight is 382 g/mol. The van der Waals surface area contributed by atoms with Gasteiger partial charge in [0, 0.05) is 18.3 Å². The van der Waals surface area contributed by atoms with Gasteiger partial charge in [0.1, 0.15) is 11.3 Å². The number of benzene rings is 1. The molecule has 0 aliphatic heterocycles. The van der Waals surface area contributed by atoms with Gasteiger partial charge in [0.15, 0.2) is 5.82 Å². The summed E-state index contributed by atoms with van der Waals surface area (Å²) in [5.41, 5.74) is 4.78. The Hall–Kier alpha value is -2.56. The van der Waals surface area contributed by atoms with E-state index in [1.165, 1.54) is 0 Å². The molecule has 3 rings (SSSR count). The van der Waals surface area contributed by atoms with Crippen molar-refractivity contribution in [1.82, 2.24) is 14.2 Å². The molecule has 0 radical (unpaired) electrons. The molecule has 0 aliphatic carbocycles. The lowest BCUT2D eigenvalue weighted by molar-refractivity contribution is 0.242. The van der Waals surface area contributed by atoms with Gasteiger partial charge in [0.2, 0.25) is 0 Å². The first-order chi connectivity index (χ1) is 13.3. The fourth-order valence-electron chi connectivity index (χ4n) is 3.92. The van der Waals surface area contributed by atoms with Crippen molar-refractivity contribution >= 4 is 5.52 Å². The van der Waals surface area contributed by atoms with Crippen LogP contribution in [0, 0.1) is 13.8 Å². The Kier molecular flexibility index (Phi) is 5.64. The predicted octanol–water partition coefficient (Wildman–Crippen LogP) is 5.01. The van der Waals surface area contributed by atoms with Crippen molar-refractivity contribution in [3.63, 3.8) is 0 Å². The third-order valence-corrected chi connectivity index (χ3v) is 5.44. The second kappa shape index (κ2) is 7.82. The average Bonchev–Trinajstić information content (AvgIpc) is 2.96. The van der Waals surface area contributed by atoms with E-state index in [4.69, 9.17) is 9.84 Å². The molecule has 5 nitrogen and oxygen atoms in total. The molecule has 1 aromatic carbocycles. The fourth-order valence-corrected chi connectivity index (χ4v) is 3.92. The van der Waals surface area contributed by atoms with Crippen molar-refractivity contribution in [2.45, 2.75) is 66.4 Å². The monoisotopic (exact) mass is 381 g/mol. The molecule has 28 heavy (non-hydrogen) atoms. The van der Waals surface area contributed by atoms with Gasteiger partial charge in [-0.2, -0.15) is 0 Å². The number of hydrogen-bond donors (Lipinski definition) is 0. The topological polar surface area (TPSA) is 48.5 Å². The Morgan fingerprint density at radius 1 is 1.11 bits per heavy atom. The summed E-state index contributed by atoms with van der Waals surface area (Å²) in [5.74, 6) is 1.87. The second-order valence-electron chi connectivity index (χ2n) is 7.85. The van der Waals surface area contributed by atoms with Crippen LogP contribution in [0.25, 0.3) is 16.9 Å². The van der Waals surface area contributed by atoms with Crippen molar-refractivity contribution in [3.8, 4) is 17.1 Å². The molecule has 0 atom stereocenters. The maximum Gasteiger partial charge on any atom is 0.278 e. The second-order valence-corrected chi connectivity index (χ2v) is 7.85. The molecule has 0 saturated carbocycles. The molecular weight excluding hydrogens is 350 g/mol. The minimum Gasteiger partial charge on any atom is -0.491 e. The van der Waals surface area contributed by atoms with E-state index in [1.807, 2.05) is 57.5 Å². The standard InChI is InChI=1S/C23H31N3O2/c1-8-17(9-2)20-13-16(6)26-21(20)23(27)25(7)22(24-26)19-11-10-18(12-15(19)5)28-14(3)4/h10-14,17H,8-9H2,1-7H3. The Morgan fingerprint density at radius 3 is 2.36 bits per heavy atom. The third-order valence-electron chi connectivity index (χ3n) is 5.44. The van der Waals surface area contributed by atoms with E-state index in [9.17, 15) is 4.79 Å². The van der Waals surface area contributed by atoms with Crippen LogP contribution in [0.3, 0.4) is 0 Å². The van der Waals surface area contributed by atoms with Crippen molar-refractivity contribution in [1.29, 1.82) is 0 Å². The summed E-state index contributed by atoms with van der Waals surface area (Å²) in [6.07, 6.45) is 2.14. The van der Waals surface area contributed by atoms with E-state index in [-0.39, 0.29) is 11.7 Å². The van der Waals surface area contributed by atoms with E-state index in [1.54, 1.807) is 4.57 Å². The third kappa shape index (κ3) is 3.46. The Balaban J connectivity index is 2.21. The van der Waals surface area contributed by atoms with E-state index in [2.05, 4.69) is 19.9 Å². The number of ether oxygens (including phenoxy) is 1. The highest BCUT2D eigenvalue weighted by Crippen LogP contribution is 2.30. The van der Waals surface area contributed by atoms with Crippen LogP contribution >= 0.6 is 0 Å². The van der Waals surface area contributed by atoms with E-state index in [0.29, 0.717) is 17.3 Å². The van der Waals surface area contributed by atoms with Gasteiger partial charge in [-0.1, -0.05) is 13.8 Å². The molecule has 0 unspecified atom stereocenters. The quantitative estimate of drug-likeness (QED) is 0.603. The zero-order valence-corrected chi connectivity index (χ0v) is 18.0. The molecule has 0 N–H and O–H groups in total. The van der Waals surface area contributed by atoms with Gasteiger partial charge < -0.3 is 4.74 Å². The molecule has 2 aromatic heterocycles. The molecular formula is C23H31N3O2. The SMILES string of the molecule is CCC(CC)c1cc(C)n2nc(-c3ccc(OC(C)C)cc3C)n(C)c(=O)c12. The van der Waals surface area contributed by atoms with Crippen molar-refractivity contribution in [2.75, 3.05) is 0 Å². The minimum atomic E-state index is 0.00177. The molecule has 0 amide bonds. The van der Waals surface area contributed by atoms with Gasteiger partial charge in [-0.25, -0.2) is 4.52 Å². The van der Waals surface area contributed by atoms with Crippen LogP contribution in [-0.2, 0) is 7.05 Å². The first-order valence-electron chi connectivity index (χ1n) is 10.1. The highest BCUT2D eigenvalue weighted by atomic mass is 16.5. The Bertz CT molecular complexity index is 1060. The van der Waals surface area contributed by atoms with Gasteiger partial charge in [-0.3, -0.25) is 9.36 Å². The Morgan fingerprint density at radius 2 is 1.79 bits per heavy atom. The fraction of sp³-hybridized carbons (Fsp3) is 0.478. The largest absolute Gasteiger partial charge is 0.491 e. The zero-order chi connectivity index (χ0) is 20.6. The number of nitrogens with zero attached hydrogens (tertiary/aromatic N) is 3. The molecule has 0 saturated heterocycles. The predicted molar refractivity (Wildman–Crippen MR) is 114 cm³/mol. The first kappa shape index (κ1) is 20.2. The van der Waals surface area contributed by atoms with Crippen LogP contribution in [0.1, 0.15) is 63.3 Å². The number of rotatable bonds is 6. The van der Waals surface area contributed by atoms with Gasteiger partial charge in [-0.15, -0.1) is 5.10 Å². The molecule has 0 bridgehead atoms. The van der Waals surface area contributed by atoms with Crippen LogP contribution in [0.15, 0.2) is 29.1 Å². The maximum atomic E-state index is 13.3. The van der Waals surface area contributed by atoms with Crippen molar-refractivity contribution in [3.05, 3.63) is 51.4 Å². The molecule has 0 spiro atoms. The van der Waals surface area contributed by atoms with Gasteiger partial charge in [0.05, 0.1) is 6.10 Å². The van der Waals surface area contributed by atoms with Crippen LogP contribution in [-0.4, -0.2) is 20.3 Å². The molecule has 150 valence electrons. The van der Waals surface area contributed by atoms with E-state index < -0.39 is 0 Å². The van der Waals surface area contributed by atoms with E-state index >= 15 is 0 Å². The van der Waals surface area contributed by atoms with Crippen LogP contribution < -0.4 is 10.3 Å². The van der Waals surface area contributed by atoms with Gasteiger partial charge in [-0.05, 0) is 81.8 Å². The summed E-state index contributed by atoms with van der Waals surface area (Å²) in [6, 6.07) is 8.06. The van der Waals surface area contributed by atoms with Crippen molar-refractivity contribution in [2.24, 2.45) is 7.05 Å². The summed E-state index contributed by atoms with van der Waals surface area (Å²) in [7, 11) is 1.81. The highest BCUT2D eigenvalue weighted by Gasteiger charge is 2.21. The van der Waals surface area contributed by atoms with Gasteiger partial charge >= 0.3 is 0 Å². The van der Waals surface area contributed by atoms with Gasteiger partial charge in [0.25, 0.3) is 5.56 Å². The number of aromatic nitrogens is 3. The summed E-state index contributed by atoms with van der Waals surface area (Å²) in [5, 5.41) is 4.87. The summed E-state index contributed by atoms with van der Waals surface area (Å²) in [6.45, 7) is 12.4. The maximum absolute atomic E-state index is 13.3. The molecule has 2 heterocycles. The number of fused-ring (bicyclic) bond motifs is 1. The summed E-state index contributed by atoms with van der Waals surface area (Å²) in [4.78, 5) is 13.3. The summed E-state index contributed by atoms with van der Waals surface area (Å²) < 4.78 is 9.28. The Labute approximate surface area is 167 Å². The molecule has 3 aromatic rings. The number of hydrogen-bond acceptors (Lipinski definition) is 3. The smallest absolute Gasteiger partial charge is 0.278 e. The van der Waals surface area contributed by atoms with Crippen LogP contribution in [0.5, 0.6) is 5.75 Å². The zero-order valence-electron chi connectivity index (χ0n) is 18.0.